The first-order chi connectivity index (χ1) is 20.8. The first kappa shape index (κ1) is 34.0. The average molecular weight is 631 g/mol. The molecule has 3 aromatic rings. The summed E-state index contributed by atoms with van der Waals surface area (Å²) in [6.45, 7) is 8.65. The van der Waals surface area contributed by atoms with Crippen molar-refractivity contribution in [2.45, 2.75) is 45.1 Å². The highest BCUT2D eigenvalue weighted by Crippen LogP contribution is 2.32. The second-order valence-electron chi connectivity index (χ2n) is 10.6. The van der Waals surface area contributed by atoms with E-state index in [0.29, 0.717) is 30.4 Å². The summed E-state index contributed by atoms with van der Waals surface area (Å²) in [6.07, 6.45) is 0.805. The normalized spacial score (nSPS) is 12.0. The molecule has 2 aromatic carbocycles. The van der Waals surface area contributed by atoms with Crippen LogP contribution in [-0.4, -0.2) is 80.2 Å². The maximum atomic E-state index is 13.9. The Morgan fingerprint density at radius 1 is 1.02 bits per heavy atom. The molecule has 0 saturated heterocycles. The molecule has 0 aliphatic heterocycles. The number of hydrogen-bond donors (Lipinski definition) is 2. The van der Waals surface area contributed by atoms with Gasteiger partial charge in [-0.3, -0.25) is 4.31 Å². The van der Waals surface area contributed by atoms with E-state index in [9.17, 15) is 27.5 Å². The number of carboxylic acid groups (broad SMARTS) is 1. The molecule has 14 heteroatoms. The van der Waals surface area contributed by atoms with Crippen LogP contribution in [-0.2, 0) is 21.2 Å². The van der Waals surface area contributed by atoms with Gasteiger partial charge in [-0.25, -0.2) is 27.4 Å². The van der Waals surface area contributed by atoms with Crippen LogP contribution in [0, 0.1) is 11.7 Å². The molecule has 44 heavy (non-hydrogen) atoms. The number of carboxylic acids is 1. The maximum absolute atomic E-state index is 13.9. The van der Waals surface area contributed by atoms with Crippen molar-refractivity contribution in [3.8, 4) is 5.75 Å². The Morgan fingerprint density at radius 2 is 1.64 bits per heavy atom. The van der Waals surface area contributed by atoms with Gasteiger partial charge in [-0.15, -0.1) is 0 Å². The lowest BCUT2D eigenvalue weighted by atomic mass is 10.1. The Labute approximate surface area is 257 Å². The van der Waals surface area contributed by atoms with Gasteiger partial charge in [0.15, 0.2) is 5.82 Å². The molecule has 0 radical (unpaired) electrons. The molecule has 12 nitrogen and oxygen atoms in total. The lowest BCUT2D eigenvalue weighted by molar-refractivity contribution is -0.137. The molecular formula is C30H39FN6O6S. The first-order valence-corrected chi connectivity index (χ1v) is 15.6. The van der Waals surface area contributed by atoms with Gasteiger partial charge in [0.1, 0.15) is 23.3 Å². The molecule has 1 amide bonds. The number of aliphatic carboxylic acids is 1. The number of anilines is 3. The van der Waals surface area contributed by atoms with Crippen molar-refractivity contribution < 1.29 is 32.2 Å². The molecule has 238 valence electrons. The number of sulfonamides is 1. The average Bonchev–Trinajstić information content (AvgIpc) is 2.97. The number of amides is 1. The van der Waals surface area contributed by atoms with Gasteiger partial charge in [-0.2, -0.15) is 4.98 Å². The Bertz CT molecular complexity index is 1530. The lowest BCUT2D eigenvalue weighted by Crippen LogP contribution is -2.37. The number of halogens is 1. The molecule has 0 fully saturated rings. The number of hydrogen-bond acceptors (Lipinski definition) is 9. The molecule has 3 rings (SSSR count). The van der Waals surface area contributed by atoms with E-state index in [-0.39, 0.29) is 35.3 Å². The summed E-state index contributed by atoms with van der Waals surface area (Å²) >= 11 is 0. The summed E-state index contributed by atoms with van der Waals surface area (Å²) in [5.41, 5.74) is 0.670. The van der Waals surface area contributed by atoms with Crippen molar-refractivity contribution in [2.24, 2.45) is 5.92 Å². The minimum Gasteiger partial charge on any atom is -0.480 e. The quantitative estimate of drug-likeness (QED) is 0.261. The Hall–Kier alpha value is -4.46. The van der Waals surface area contributed by atoms with E-state index in [2.05, 4.69) is 15.3 Å². The number of benzene rings is 2. The monoisotopic (exact) mass is 630 g/mol. The van der Waals surface area contributed by atoms with Crippen molar-refractivity contribution in [3.63, 3.8) is 0 Å². The van der Waals surface area contributed by atoms with Crippen LogP contribution in [0.2, 0.25) is 0 Å². The summed E-state index contributed by atoms with van der Waals surface area (Å²) in [6, 6.07) is 9.65. The van der Waals surface area contributed by atoms with Gasteiger partial charge in [0.25, 0.3) is 10.0 Å². The Balaban J connectivity index is 2.06. The predicted molar refractivity (Wildman–Crippen MR) is 166 cm³/mol. The van der Waals surface area contributed by atoms with E-state index in [1.54, 1.807) is 38.4 Å². The van der Waals surface area contributed by atoms with Crippen LogP contribution in [0.4, 0.5) is 26.6 Å². The standard InChI is InChI=1S/C30H39FN6O6S/c1-7-36(8-2)29-32-18-26(37(19-20(3)4)44(41,42)24-15-11-22(31)12-16-24)27(34-29)33-25(28(38)39)17-21-9-13-23(14-10-21)43-30(40)35(5)6/h9-16,18,20,25H,7-8,17,19H2,1-6H3,(H,38,39)(H,32,33,34). The van der Waals surface area contributed by atoms with Gasteiger partial charge in [0.05, 0.1) is 11.1 Å². The van der Waals surface area contributed by atoms with Crippen molar-refractivity contribution in [1.29, 1.82) is 0 Å². The highest BCUT2D eigenvalue weighted by Gasteiger charge is 2.31. The Kier molecular flexibility index (Phi) is 11.5. The number of nitrogens with zero attached hydrogens (tertiary/aromatic N) is 5. The van der Waals surface area contributed by atoms with Crippen LogP contribution in [0.15, 0.2) is 59.6 Å². The molecule has 0 saturated carbocycles. The molecule has 1 heterocycles. The summed E-state index contributed by atoms with van der Waals surface area (Å²) in [5, 5.41) is 13.1. The van der Waals surface area contributed by atoms with Crippen LogP contribution in [0.3, 0.4) is 0 Å². The topological polar surface area (TPSA) is 145 Å². The zero-order valence-corrected chi connectivity index (χ0v) is 26.5. The summed E-state index contributed by atoms with van der Waals surface area (Å²) < 4.78 is 47.8. The van der Waals surface area contributed by atoms with Crippen LogP contribution in [0.5, 0.6) is 5.75 Å². The minimum absolute atomic E-state index is 0.00379. The van der Waals surface area contributed by atoms with Crippen molar-refractivity contribution >= 4 is 39.5 Å². The number of nitrogens with one attached hydrogen (secondary N) is 1. The van der Waals surface area contributed by atoms with Crippen molar-refractivity contribution in [3.05, 3.63) is 66.1 Å². The van der Waals surface area contributed by atoms with Crippen LogP contribution in [0.1, 0.15) is 33.3 Å². The number of carbonyl (C=O) groups is 2. The van der Waals surface area contributed by atoms with Gasteiger partial charge >= 0.3 is 12.1 Å². The third-order valence-electron chi connectivity index (χ3n) is 6.55. The minimum atomic E-state index is -4.23. The van der Waals surface area contributed by atoms with Gasteiger partial charge in [0.2, 0.25) is 5.95 Å². The number of rotatable bonds is 14. The van der Waals surface area contributed by atoms with E-state index in [1.165, 1.54) is 23.2 Å². The number of carbonyl (C=O) groups excluding carboxylic acids is 1. The predicted octanol–water partition coefficient (Wildman–Crippen LogP) is 4.48. The van der Waals surface area contributed by atoms with Crippen LogP contribution in [0.25, 0.3) is 0 Å². The summed E-state index contributed by atoms with van der Waals surface area (Å²) in [5.74, 6) is -1.32. The molecule has 0 spiro atoms. The lowest BCUT2D eigenvalue weighted by Gasteiger charge is -2.29. The Morgan fingerprint density at radius 3 is 2.16 bits per heavy atom. The van der Waals surface area contributed by atoms with Crippen molar-refractivity contribution in [1.82, 2.24) is 14.9 Å². The van der Waals surface area contributed by atoms with E-state index in [4.69, 9.17) is 4.74 Å². The molecule has 2 N–H and O–H groups in total. The highest BCUT2D eigenvalue weighted by molar-refractivity contribution is 7.92. The molecule has 0 bridgehead atoms. The largest absolute Gasteiger partial charge is 0.480 e. The van der Waals surface area contributed by atoms with Crippen LogP contribution >= 0.6 is 0 Å². The van der Waals surface area contributed by atoms with Gasteiger partial charge in [0, 0.05) is 40.2 Å². The third kappa shape index (κ3) is 8.56. The fourth-order valence-corrected chi connectivity index (χ4v) is 5.81. The highest BCUT2D eigenvalue weighted by atomic mass is 32.2. The second-order valence-corrected chi connectivity index (χ2v) is 12.5. The second kappa shape index (κ2) is 14.8. The molecule has 0 aliphatic rings. The molecule has 1 unspecified atom stereocenters. The zero-order valence-electron chi connectivity index (χ0n) is 25.7. The molecule has 1 aromatic heterocycles. The smallest absolute Gasteiger partial charge is 0.414 e. The van der Waals surface area contributed by atoms with Crippen LogP contribution < -0.4 is 19.3 Å². The summed E-state index contributed by atoms with van der Waals surface area (Å²) in [7, 11) is -1.12. The van der Waals surface area contributed by atoms with Gasteiger partial charge in [-0.1, -0.05) is 26.0 Å². The first-order valence-electron chi connectivity index (χ1n) is 14.1. The van der Waals surface area contributed by atoms with E-state index >= 15 is 0 Å². The maximum Gasteiger partial charge on any atom is 0.414 e. The zero-order chi connectivity index (χ0) is 32.6. The molecule has 1 atom stereocenters. The molecular weight excluding hydrogens is 591 g/mol. The van der Waals surface area contributed by atoms with E-state index in [0.717, 1.165) is 16.4 Å². The fraction of sp³-hybridized carbons (Fsp3) is 0.400. The van der Waals surface area contributed by atoms with E-state index in [1.807, 2.05) is 32.6 Å². The van der Waals surface area contributed by atoms with Gasteiger partial charge in [-0.05, 0) is 61.7 Å². The fourth-order valence-electron chi connectivity index (χ4n) is 4.19. The number of ether oxygens (including phenoxy) is 1. The summed E-state index contributed by atoms with van der Waals surface area (Å²) in [4.78, 5) is 36.4. The third-order valence-corrected chi connectivity index (χ3v) is 8.34. The SMILES string of the molecule is CCN(CC)c1ncc(N(CC(C)C)S(=O)(=O)c2ccc(F)cc2)c(NC(Cc2ccc(OC(=O)N(C)C)cc2)C(=O)O)n1. The van der Waals surface area contributed by atoms with E-state index < -0.39 is 33.9 Å². The van der Waals surface area contributed by atoms with Gasteiger partial charge < -0.3 is 25.0 Å². The van der Waals surface area contributed by atoms with Crippen molar-refractivity contribution in [2.75, 3.05) is 48.3 Å². The molecule has 0 aliphatic carbocycles. The number of aromatic nitrogens is 2.